The third kappa shape index (κ3) is 3.69. The fourth-order valence-corrected chi connectivity index (χ4v) is 4.86. The molecule has 5 rings (SSSR count). The largest absolute Gasteiger partial charge is 0.467 e. The number of thiophene rings is 1. The van der Waals surface area contributed by atoms with Gasteiger partial charge < -0.3 is 15.0 Å². The number of carbonyl (C=O) groups excluding carboxylic acids is 2. The van der Waals surface area contributed by atoms with Crippen LogP contribution in [0.4, 0.5) is 11.4 Å². The van der Waals surface area contributed by atoms with Gasteiger partial charge in [0, 0.05) is 23.4 Å². The fourth-order valence-electron chi connectivity index (χ4n) is 3.95. The summed E-state index contributed by atoms with van der Waals surface area (Å²) in [6.07, 6.45) is 1.65. The number of anilines is 2. The molecule has 2 aromatic heterocycles. The molecule has 2 amide bonds. The lowest BCUT2D eigenvalue weighted by atomic mass is 10.1. The molecule has 7 nitrogen and oxygen atoms in total. The number of ether oxygens (including phenoxy) is 1. The molecule has 32 heavy (non-hydrogen) atoms. The van der Waals surface area contributed by atoms with Gasteiger partial charge in [-0.15, -0.1) is 11.3 Å². The molecule has 8 heteroatoms. The van der Waals surface area contributed by atoms with Crippen molar-refractivity contribution >= 4 is 44.7 Å². The number of hydrogen-bond donors (Lipinski definition) is 1. The quantitative estimate of drug-likeness (QED) is 0.501. The Morgan fingerprint density at radius 3 is 2.78 bits per heavy atom. The van der Waals surface area contributed by atoms with E-state index in [1.807, 2.05) is 60.8 Å². The molecule has 160 valence electrons. The van der Waals surface area contributed by atoms with E-state index in [2.05, 4.69) is 15.3 Å². The van der Waals surface area contributed by atoms with Gasteiger partial charge in [-0.05, 0) is 24.6 Å². The molecule has 0 bridgehead atoms. The van der Waals surface area contributed by atoms with Crippen LogP contribution in [0.15, 0.2) is 66.3 Å². The van der Waals surface area contributed by atoms with Gasteiger partial charge >= 0.3 is 0 Å². The lowest BCUT2D eigenvalue weighted by Crippen LogP contribution is -2.41. The van der Waals surface area contributed by atoms with E-state index in [9.17, 15) is 9.59 Å². The zero-order valence-corrected chi connectivity index (χ0v) is 18.1. The van der Waals surface area contributed by atoms with Crippen LogP contribution in [0.2, 0.25) is 0 Å². The molecule has 1 aliphatic rings. The zero-order valence-electron chi connectivity index (χ0n) is 17.3. The van der Waals surface area contributed by atoms with Crippen LogP contribution in [-0.2, 0) is 9.59 Å². The van der Waals surface area contributed by atoms with Crippen molar-refractivity contribution < 1.29 is 14.3 Å². The summed E-state index contributed by atoms with van der Waals surface area (Å²) < 4.78 is 5.94. The van der Waals surface area contributed by atoms with Gasteiger partial charge in [0.05, 0.1) is 16.8 Å². The van der Waals surface area contributed by atoms with Gasteiger partial charge in [-0.2, -0.15) is 0 Å². The van der Waals surface area contributed by atoms with Gasteiger partial charge in [0.1, 0.15) is 11.2 Å². The summed E-state index contributed by atoms with van der Waals surface area (Å²) in [5, 5.41) is 5.68. The molecule has 0 spiro atoms. The number of benzene rings is 2. The van der Waals surface area contributed by atoms with E-state index < -0.39 is 0 Å². The number of nitrogens with zero attached hydrogens (tertiary/aromatic N) is 3. The number of nitrogens with one attached hydrogen (secondary N) is 1. The zero-order chi connectivity index (χ0) is 22.1. The Hall–Kier alpha value is -3.78. The second kappa shape index (κ2) is 8.39. The molecule has 1 atom stereocenters. The van der Waals surface area contributed by atoms with Crippen molar-refractivity contribution in [2.24, 2.45) is 0 Å². The average Bonchev–Trinajstić information content (AvgIpc) is 3.19. The van der Waals surface area contributed by atoms with Crippen LogP contribution in [0.25, 0.3) is 21.3 Å². The molecule has 0 fully saturated rings. The normalized spacial score (nSPS) is 15.7. The third-order valence-electron chi connectivity index (χ3n) is 5.38. The number of fused-ring (bicyclic) bond motifs is 2. The summed E-state index contributed by atoms with van der Waals surface area (Å²) in [6, 6.07) is 16.9. The van der Waals surface area contributed by atoms with Crippen molar-refractivity contribution in [1.29, 1.82) is 0 Å². The number of amides is 2. The monoisotopic (exact) mass is 444 g/mol. The molecule has 1 N–H and O–H groups in total. The van der Waals surface area contributed by atoms with E-state index in [1.165, 1.54) is 17.7 Å². The first-order chi connectivity index (χ1) is 15.6. The van der Waals surface area contributed by atoms with Crippen LogP contribution in [0.3, 0.4) is 0 Å². The Morgan fingerprint density at radius 1 is 1.16 bits per heavy atom. The number of aromatic nitrogens is 2. The SMILES string of the molecule is CC1CC(=O)Nc2ccccc2N1C(=O)COc1ncnc2scc(-c3ccccc3)c12. The summed E-state index contributed by atoms with van der Waals surface area (Å²) in [5.74, 6) is 0.00238. The molecule has 0 saturated heterocycles. The summed E-state index contributed by atoms with van der Waals surface area (Å²) in [7, 11) is 0. The smallest absolute Gasteiger partial charge is 0.265 e. The Morgan fingerprint density at radius 2 is 1.94 bits per heavy atom. The second-order valence-electron chi connectivity index (χ2n) is 7.55. The van der Waals surface area contributed by atoms with Crippen LogP contribution >= 0.6 is 11.3 Å². The molecule has 3 heterocycles. The van der Waals surface area contributed by atoms with Crippen molar-refractivity contribution in [3.05, 3.63) is 66.3 Å². The predicted octanol–water partition coefficient (Wildman–Crippen LogP) is 4.50. The van der Waals surface area contributed by atoms with Crippen molar-refractivity contribution in [2.45, 2.75) is 19.4 Å². The summed E-state index contributed by atoms with van der Waals surface area (Å²) in [5.41, 5.74) is 3.28. The third-order valence-corrected chi connectivity index (χ3v) is 6.27. The minimum Gasteiger partial charge on any atom is -0.467 e. The maximum absolute atomic E-state index is 13.3. The minimum absolute atomic E-state index is 0.121. The van der Waals surface area contributed by atoms with Gasteiger partial charge in [0.25, 0.3) is 5.91 Å². The maximum Gasteiger partial charge on any atom is 0.265 e. The Bertz CT molecular complexity index is 1310. The first-order valence-electron chi connectivity index (χ1n) is 10.2. The van der Waals surface area contributed by atoms with E-state index in [0.29, 0.717) is 17.3 Å². The molecule has 4 aromatic rings. The van der Waals surface area contributed by atoms with Crippen LogP contribution in [-0.4, -0.2) is 34.4 Å². The predicted molar refractivity (Wildman–Crippen MR) is 125 cm³/mol. The van der Waals surface area contributed by atoms with Gasteiger partial charge in [0.2, 0.25) is 11.8 Å². The highest BCUT2D eigenvalue weighted by Crippen LogP contribution is 2.37. The van der Waals surface area contributed by atoms with Gasteiger partial charge in [0.15, 0.2) is 6.61 Å². The summed E-state index contributed by atoms with van der Waals surface area (Å²) in [6.45, 7) is 1.65. The molecule has 1 unspecified atom stereocenters. The van der Waals surface area contributed by atoms with Gasteiger partial charge in [-0.25, -0.2) is 9.97 Å². The second-order valence-corrected chi connectivity index (χ2v) is 8.40. The highest BCUT2D eigenvalue weighted by molar-refractivity contribution is 7.17. The van der Waals surface area contributed by atoms with Crippen molar-refractivity contribution in [2.75, 3.05) is 16.8 Å². The van der Waals surface area contributed by atoms with E-state index in [4.69, 9.17) is 4.74 Å². The van der Waals surface area contributed by atoms with Gasteiger partial charge in [-0.3, -0.25) is 9.59 Å². The van der Waals surface area contributed by atoms with E-state index >= 15 is 0 Å². The van der Waals surface area contributed by atoms with Crippen LogP contribution in [0.5, 0.6) is 5.88 Å². The summed E-state index contributed by atoms with van der Waals surface area (Å²) >= 11 is 1.51. The van der Waals surface area contributed by atoms with Crippen LogP contribution in [0.1, 0.15) is 13.3 Å². The Labute approximate surface area is 188 Å². The number of para-hydroxylation sites is 2. The molecular weight excluding hydrogens is 424 g/mol. The molecule has 0 aliphatic carbocycles. The summed E-state index contributed by atoms with van der Waals surface area (Å²) in [4.78, 5) is 36.5. The van der Waals surface area contributed by atoms with Crippen molar-refractivity contribution in [3.8, 4) is 17.0 Å². The molecule has 1 aliphatic heterocycles. The molecular formula is C24H20N4O3S. The first kappa shape index (κ1) is 20.1. The lowest BCUT2D eigenvalue weighted by Gasteiger charge is -2.27. The topological polar surface area (TPSA) is 84.4 Å². The van der Waals surface area contributed by atoms with Crippen molar-refractivity contribution in [1.82, 2.24) is 9.97 Å². The fraction of sp³-hybridized carbons (Fsp3) is 0.167. The molecule has 0 radical (unpaired) electrons. The average molecular weight is 445 g/mol. The Balaban J connectivity index is 1.45. The van der Waals surface area contributed by atoms with Gasteiger partial charge in [-0.1, -0.05) is 42.5 Å². The minimum atomic E-state index is -0.304. The maximum atomic E-state index is 13.3. The lowest BCUT2D eigenvalue weighted by molar-refractivity contribution is -0.121. The first-order valence-corrected chi connectivity index (χ1v) is 11.1. The number of hydrogen-bond acceptors (Lipinski definition) is 6. The van der Waals surface area contributed by atoms with E-state index in [0.717, 1.165) is 21.3 Å². The standard InChI is InChI=1S/C24H20N4O3S/c1-15-11-20(29)27-18-9-5-6-10-19(18)28(15)21(30)12-31-23-22-17(16-7-3-2-4-8-16)13-32-24(22)26-14-25-23/h2-10,13-15H,11-12H2,1H3,(H,27,29). The molecule has 0 saturated carbocycles. The Kier molecular flexibility index (Phi) is 5.28. The van der Waals surface area contributed by atoms with Crippen LogP contribution in [0, 0.1) is 0 Å². The van der Waals surface area contributed by atoms with E-state index in [-0.39, 0.29) is 30.9 Å². The number of carbonyl (C=O) groups is 2. The number of rotatable bonds is 4. The highest BCUT2D eigenvalue weighted by Gasteiger charge is 2.30. The molecule has 2 aromatic carbocycles. The van der Waals surface area contributed by atoms with Crippen molar-refractivity contribution in [3.63, 3.8) is 0 Å². The van der Waals surface area contributed by atoms with Crippen LogP contribution < -0.4 is 15.0 Å². The highest BCUT2D eigenvalue weighted by atomic mass is 32.1. The van der Waals surface area contributed by atoms with E-state index in [1.54, 1.807) is 11.0 Å².